The van der Waals surface area contributed by atoms with Crippen LogP contribution in [0.25, 0.3) is 0 Å². The molecule has 1 amide bonds. The van der Waals surface area contributed by atoms with Gasteiger partial charge in [0.15, 0.2) is 0 Å². The van der Waals surface area contributed by atoms with Crippen LogP contribution in [0.3, 0.4) is 0 Å². The number of rotatable bonds is 5. The van der Waals surface area contributed by atoms with Crippen molar-refractivity contribution < 1.29 is 4.79 Å². The van der Waals surface area contributed by atoms with E-state index in [4.69, 9.17) is 0 Å². The first-order valence-electron chi connectivity index (χ1n) is 5.33. The van der Waals surface area contributed by atoms with Crippen LogP contribution in [0.15, 0.2) is 5.51 Å². The summed E-state index contributed by atoms with van der Waals surface area (Å²) in [5, 5.41) is 3.33. The predicted octanol–water partition coefficient (Wildman–Crippen LogP) is 1.41. The lowest BCUT2D eigenvalue weighted by molar-refractivity contribution is -0.129. The number of amides is 1. The highest BCUT2D eigenvalue weighted by Gasteiger charge is 2.11. The van der Waals surface area contributed by atoms with Crippen LogP contribution in [0.1, 0.15) is 23.9 Å². The van der Waals surface area contributed by atoms with Gasteiger partial charge in [0.2, 0.25) is 5.91 Å². The quantitative estimate of drug-likeness (QED) is 0.847. The Morgan fingerprint density at radius 3 is 2.81 bits per heavy atom. The minimum Gasteiger partial charge on any atom is -0.349 e. The first-order valence-corrected chi connectivity index (χ1v) is 6.21. The van der Waals surface area contributed by atoms with E-state index in [0.717, 1.165) is 12.2 Å². The fourth-order valence-corrected chi connectivity index (χ4v) is 2.01. The van der Waals surface area contributed by atoms with E-state index < -0.39 is 0 Å². The van der Waals surface area contributed by atoms with Crippen LogP contribution in [0.4, 0.5) is 0 Å². The van der Waals surface area contributed by atoms with Crippen LogP contribution in [0.5, 0.6) is 0 Å². The van der Waals surface area contributed by atoms with E-state index in [0.29, 0.717) is 6.42 Å². The Hall–Kier alpha value is -0.940. The molecule has 1 rings (SSSR count). The van der Waals surface area contributed by atoms with Crippen molar-refractivity contribution in [3.05, 3.63) is 16.1 Å². The smallest absolute Gasteiger partial charge is 0.223 e. The molecule has 90 valence electrons. The van der Waals surface area contributed by atoms with E-state index >= 15 is 0 Å². The summed E-state index contributed by atoms with van der Waals surface area (Å²) in [6, 6.07) is 0.191. The summed E-state index contributed by atoms with van der Waals surface area (Å²) in [6.45, 7) is 4.82. The molecule has 16 heavy (non-hydrogen) atoms. The molecular formula is C11H19N3OS. The van der Waals surface area contributed by atoms with Crippen LogP contribution in [-0.4, -0.2) is 35.9 Å². The second-order valence-corrected chi connectivity index (χ2v) is 5.07. The van der Waals surface area contributed by atoms with Crippen molar-refractivity contribution in [1.82, 2.24) is 15.2 Å². The topological polar surface area (TPSA) is 45.2 Å². The van der Waals surface area contributed by atoms with Gasteiger partial charge in [0.1, 0.15) is 0 Å². The van der Waals surface area contributed by atoms with Gasteiger partial charge >= 0.3 is 0 Å². The van der Waals surface area contributed by atoms with Gasteiger partial charge in [-0.2, -0.15) is 0 Å². The SMILES string of the molecule is Cc1ncsc1CNC(C)CC(=O)N(C)C. The van der Waals surface area contributed by atoms with Gasteiger partial charge in [0, 0.05) is 38.0 Å². The van der Waals surface area contributed by atoms with Crippen LogP contribution < -0.4 is 5.32 Å². The Labute approximate surface area is 101 Å². The lowest BCUT2D eigenvalue weighted by Gasteiger charge is -2.16. The second kappa shape index (κ2) is 5.96. The first kappa shape index (κ1) is 13.1. The van der Waals surface area contributed by atoms with E-state index in [1.807, 2.05) is 19.4 Å². The normalized spacial score (nSPS) is 12.5. The summed E-state index contributed by atoms with van der Waals surface area (Å²) < 4.78 is 0. The molecule has 0 aliphatic heterocycles. The summed E-state index contributed by atoms with van der Waals surface area (Å²) in [7, 11) is 3.56. The minimum absolute atomic E-state index is 0.154. The molecule has 0 aliphatic carbocycles. The molecule has 0 aromatic carbocycles. The van der Waals surface area contributed by atoms with Gasteiger partial charge in [-0.1, -0.05) is 0 Å². The zero-order valence-corrected chi connectivity index (χ0v) is 11.1. The van der Waals surface area contributed by atoms with Crippen LogP contribution in [0.2, 0.25) is 0 Å². The Balaban J connectivity index is 2.33. The second-order valence-electron chi connectivity index (χ2n) is 4.14. The third-order valence-corrected chi connectivity index (χ3v) is 3.37. The summed E-state index contributed by atoms with van der Waals surface area (Å²) in [5.41, 5.74) is 2.92. The molecule has 0 fully saturated rings. The number of carbonyl (C=O) groups is 1. The highest BCUT2D eigenvalue weighted by molar-refractivity contribution is 7.09. The Morgan fingerprint density at radius 1 is 1.62 bits per heavy atom. The van der Waals surface area contributed by atoms with Gasteiger partial charge in [0.05, 0.1) is 11.2 Å². The van der Waals surface area contributed by atoms with E-state index in [-0.39, 0.29) is 11.9 Å². The number of hydrogen-bond acceptors (Lipinski definition) is 4. The van der Waals surface area contributed by atoms with Gasteiger partial charge in [-0.05, 0) is 13.8 Å². The van der Waals surface area contributed by atoms with Crippen molar-refractivity contribution in [1.29, 1.82) is 0 Å². The lowest BCUT2D eigenvalue weighted by atomic mass is 10.2. The third-order valence-electron chi connectivity index (χ3n) is 2.44. The first-order chi connectivity index (χ1) is 7.50. The zero-order valence-electron chi connectivity index (χ0n) is 10.3. The summed E-state index contributed by atoms with van der Waals surface area (Å²) in [5.74, 6) is 0.154. The fourth-order valence-electron chi connectivity index (χ4n) is 1.28. The van der Waals surface area contributed by atoms with E-state index in [1.165, 1.54) is 4.88 Å². The Kier molecular flexibility index (Phi) is 4.89. The molecular weight excluding hydrogens is 222 g/mol. The molecule has 0 bridgehead atoms. The molecule has 0 spiro atoms. The van der Waals surface area contributed by atoms with Gasteiger partial charge in [-0.25, -0.2) is 4.98 Å². The number of nitrogens with zero attached hydrogens (tertiary/aromatic N) is 2. The van der Waals surface area contributed by atoms with Crippen molar-refractivity contribution in [2.45, 2.75) is 32.9 Å². The van der Waals surface area contributed by atoms with E-state index in [1.54, 1.807) is 30.3 Å². The molecule has 1 aromatic rings. The minimum atomic E-state index is 0.154. The number of thiazole rings is 1. The van der Waals surface area contributed by atoms with Crippen LogP contribution in [0, 0.1) is 6.92 Å². The molecule has 0 aliphatic rings. The third kappa shape index (κ3) is 3.90. The van der Waals surface area contributed by atoms with Crippen LogP contribution >= 0.6 is 11.3 Å². The molecule has 1 atom stereocenters. The van der Waals surface area contributed by atoms with E-state index in [9.17, 15) is 4.79 Å². The number of aryl methyl sites for hydroxylation is 1. The summed E-state index contributed by atoms with van der Waals surface area (Å²) in [4.78, 5) is 18.5. The molecule has 1 unspecified atom stereocenters. The van der Waals surface area contributed by atoms with Crippen LogP contribution in [-0.2, 0) is 11.3 Å². The van der Waals surface area contributed by atoms with Gasteiger partial charge < -0.3 is 10.2 Å². The fraction of sp³-hybridized carbons (Fsp3) is 0.636. The van der Waals surface area contributed by atoms with Gasteiger partial charge in [0.25, 0.3) is 0 Å². The van der Waals surface area contributed by atoms with Gasteiger partial charge in [-0.15, -0.1) is 11.3 Å². The monoisotopic (exact) mass is 241 g/mol. The number of carbonyl (C=O) groups excluding carboxylic acids is 1. The maximum Gasteiger partial charge on any atom is 0.223 e. The average Bonchev–Trinajstić information content (AvgIpc) is 2.61. The van der Waals surface area contributed by atoms with Crippen molar-refractivity contribution in [2.24, 2.45) is 0 Å². The maximum absolute atomic E-state index is 11.5. The largest absolute Gasteiger partial charge is 0.349 e. The Morgan fingerprint density at radius 2 is 2.31 bits per heavy atom. The molecule has 0 saturated heterocycles. The lowest BCUT2D eigenvalue weighted by Crippen LogP contribution is -2.32. The number of hydrogen-bond donors (Lipinski definition) is 1. The van der Waals surface area contributed by atoms with Crippen molar-refractivity contribution in [3.63, 3.8) is 0 Å². The molecule has 1 aromatic heterocycles. The highest BCUT2D eigenvalue weighted by atomic mass is 32.1. The summed E-state index contributed by atoms with van der Waals surface area (Å²) >= 11 is 1.65. The maximum atomic E-state index is 11.5. The average molecular weight is 241 g/mol. The van der Waals surface area contributed by atoms with Crippen molar-refractivity contribution in [3.8, 4) is 0 Å². The van der Waals surface area contributed by atoms with Crippen molar-refractivity contribution in [2.75, 3.05) is 14.1 Å². The number of nitrogens with one attached hydrogen (secondary N) is 1. The predicted molar refractivity (Wildman–Crippen MR) is 66.5 cm³/mol. The molecule has 5 heteroatoms. The summed E-state index contributed by atoms with van der Waals surface area (Å²) in [6.07, 6.45) is 0.533. The molecule has 0 radical (unpaired) electrons. The molecule has 1 N–H and O–H groups in total. The standard InChI is InChI=1S/C11H19N3OS/c1-8(5-11(15)14(3)4)12-6-10-9(2)13-7-16-10/h7-8,12H,5-6H2,1-4H3. The molecule has 1 heterocycles. The molecule has 4 nitrogen and oxygen atoms in total. The van der Waals surface area contributed by atoms with Crippen molar-refractivity contribution >= 4 is 17.2 Å². The van der Waals surface area contributed by atoms with Gasteiger partial charge in [-0.3, -0.25) is 4.79 Å². The highest BCUT2D eigenvalue weighted by Crippen LogP contribution is 2.11. The Bertz CT molecular complexity index is 349. The van der Waals surface area contributed by atoms with E-state index in [2.05, 4.69) is 10.3 Å². The molecule has 0 saturated carbocycles. The zero-order chi connectivity index (χ0) is 12.1. The number of aromatic nitrogens is 1.